The zero-order chi connectivity index (χ0) is 37.6. The monoisotopic (exact) mass is 750 g/mol. The normalized spacial score (nSPS) is 12.7. The predicted molar refractivity (Wildman–Crippen MR) is 188 cm³/mol. The predicted octanol–water partition coefficient (Wildman–Crippen LogP) is 9.36. The Hall–Kier alpha value is -5.95. The highest BCUT2D eigenvalue weighted by Crippen LogP contribution is 2.41. The van der Waals surface area contributed by atoms with Crippen LogP contribution in [0.5, 0.6) is 5.75 Å². The standard InChI is InChI=1S/C34H25F3N6O7S2/c1-18-14-19(10-12-25(18)40-42-27-16-30(51(44,45)46)21-6-2-4-8-23(21)32(27)38)20-11-13-26(29(15-20)50-34(35,36)37)41-43-28-17-31(52(47,48)49)22-7-3-5-9-24(22)33(28)39/h2-17H,38-39H2,1H3,(H,44,45,46)(H,47,48,49). The van der Waals surface area contributed by atoms with E-state index < -0.39 is 42.1 Å². The summed E-state index contributed by atoms with van der Waals surface area (Å²) in [5, 5.41) is 16.9. The summed E-state index contributed by atoms with van der Waals surface area (Å²) in [6, 6.07) is 22.8. The molecule has 13 nitrogen and oxygen atoms in total. The van der Waals surface area contributed by atoms with Crippen LogP contribution in [0.25, 0.3) is 32.7 Å². The molecule has 0 saturated carbocycles. The van der Waals surface area contributed by atoms with E-state index >= 15 is 0 Å². The molecule has 18 heteroatoms. The molecule has 0 aromatic heterocycles. The minimum Gasteiger partial charge on any atom is -0.403 e. The van der Waals surface area contributed by atoms with Crippen LogP contribution in [0.1, 0.15) is 5.56 Å². The number of ether oxygens (including phenoxy) is 1. The van der Waals surface area contributed by atoms with E-state index in [4.69, 9.17) is 11.5 Å². The van der Waals surface area contributed by atoms with Crippen molar-refractivity contribution in [1.29, 1.82) is 0 Å². The van der Waals surface area contributed by atoms with Crippen LogP contribution < -0.4 is 16.2 Å². The molecule has 0 amide bonds. The van der Waals surface area contributed by atoms with Crippen molar-refractivity contribution in [3.05, 3.63) is 103 Å². The van der Waals surface area contributed by atoms with E-state index in [0.717, 1.165) is 18.2 Å². The van der Waals surface area contributed by atoms with Gasteiger partial charge in [-0.2, -0.15) is 21.9 Å². The van der Waals surface area contributed by atoms with Gasteiger partial charge in [0.1, 0.15) is 26.9 Å². The second-order valence-corrected chi connectivity index (χ2v) is 14.1. The Balaban J connectivity index is 1.35. The molecule has 6 aromatic carbocycles. The van der Waals surface area contributed by atoms with E-state index in [1.807, 2.05) is 0 Å². The summed E-state index contributed by atoms with van der Waals surface area (Å²) in [4.78, 5) is -0.919. The lowest BCUT2D eigenvalue weighted by atomic mass is 10.0. The number of nitrogen functional groups attached to an aromatic ring is 2. The van der Waals surface area contributed by atoms with E-state index in [1.54, 1.807) is 43.3 Å². The molecular weight excluding hydrogens is 726 g/mol. The molecule has 0 aliphatic rings. The van der Waals surface area contributed by atoms with Gasteiger partial charge in [0.05, 0.1) is 17.1 Å². The van der Waals surface area contributed by atoms with Gasteiger partial charge in [0.25, 0.3) is 20.2 Å². The maximum atomic E-state index is 13.5. The minimum atomic E-state index is -5.12. The molecule has 0 saturated heterocycles. The first-order valence-corrected chi connectivity index (χ1v) is 17.7. The smallest absolute Gasteiger partial charge is 0.403 e. The van der Waals surface area contributed by atoms with E-state index in [0.29, 0.717) is 22.2 Å². The fourth-order valence-electron chi connectivity index (χ4n) is 5.44. The number of fused-ring (bicyclic) bond motifs is 2. The van der Waals surface area contributed by atoms with E-state index in [-0.39, 0.29) is 50.2 Å². The Morgan fingerprint density at radius 1 is 0.577 bits per heavy atom. The number of hydrogen-bond acceptors (Lipinski definition) is 11. The first kappa shape index (κ1) is 35.9. The fourth-order valence-corrected chi connectivity index (χ4v) is 6.87. The van der Waals surface area contributed by atoms with Crippen LogP contribution in [0, 0.1) is 6.92 Å². The van der Waals surface area contributed by atoms with Gasteiger partial charge in [-0.25, -0.2) is 0 Å². The fraction of sp³-hybridized carbons (Fsp3) is 0.0588. The number of aryl methyl sites for hydroxylation is 1. The summed E-state index contributed by atoms with van der Waals surface area (Å²) < 4.78 is 113. The number of nitrogens with zero attached hydrogens (tertiary/aromatic N) is 4. The van der Waals surface area contributed by atoms with Crippen LogP contribution in [0.3, 0.4) is 0 Å². The second kappa shape index (κ2) is 13.3. The Kier molecular flexibility index (Phi) is 9.18. The molecule has 6 rings (SSSR count). The number of alkyl halides is 3. The Morgan fingerprint density at radius 3 is 1.42 bits per heavy atom. The van der Waals surface area contributed by atoms with Crippen molar-refractivity contribution in [2.75, 3.05) is 11.5 Å². The van der Waals surface area contributed by atoms with Gasteiger partial charge >= 0.3 is 6.36 Å². The first-order valence-electron chi connectivity index (χ1n) is 14.8. The van der Waals surface area contributed by atoms with Crippen molar-refractivity contribution >= 4 is 75.9 Å². The quantitative estimate of drug-likeness (QED) is 0.0660. The summed E-state index contributed by atoms with van der Waals surface area (Å²) in [5.41, 5.74) is 13.4. The molecule has 6 N–H and O–H groups in total. The molecule has 6 aromatic rings. The minimum absolute atomic E-state index is 0.0202. The van der Waals surface area contributed by atoms with Gasteiger partial charge in [0.15, 0.2) is 5.75 Å². The average Bonchev–Trinajstić information content (AvgIpc) is 3.07. The van der Waals surface area contributed by atoms with Crippen molar-refractivity contribution < 1.29 is 43.8 Å². The summed E-state index contributed by atoms with van der Waals surface area (Å²) in [6.45, 7) is 1.66. The van der Waals surface area contributed by atoms with Gasteiger partial charge < -0.3 is 16.2 Å². The van der Waals surface area contributed by atoms with Crippen LogP contribution in [0.4, 0.5) is 47.3 Å². The summed E-state index contributed by atoms with van der Waals surface area (Å²) >= 11 is 0. The highest BCUT2D eigenvalue weighted by atomic mass is 32.2. The highest BCUT2D eigenvalue weighted by Gasteiger charge is 2.32. The zero-order valence-corrected chi connectivity index (χ0v) is 28.2. The van der Waals surface area contributed by atoms with E-state index in [2.05, 4.69) is 25.2 Å². The second-order valence-electron chi connectivity index (χ2n) is 11.3. The van der Waals surface area contributed by atoms with Crippen molar-refractivity contribution in [2.24, 2.45) is 20.5 Å². The molecule has 266 valence electrons. The number of hydrogen-bond donors (Lipinski definition) is 4. The molecular formula is C34H25F3N6O7S2. The molecule has 0 aliphatic carbocycles. The average molecular weight is 751 g/mol. The molecule has 0 atom stereocenters. The maximum Gasteiger partial charge on any atom is 0.573 e. The number of rotatable bonds is 8. The first-order chi connectivity index (χ1) is 24.4. The SMILES string of the molecule is Cc1cc(-c2ccc(N=Nc3cc(S(=O)(=O)O)c4ccccc4c3N)c(OC(F)(F)F)c2)ccc1N=Nc1cc(S(=O)(=O)O)c2ccccc2c1N. The summed E-state index contributed by atoms with van der Waals surface area (Å²) in [6.07, 6.45) is -5.12. The van der Waals surface area contributed by atoms with Gasteiger partial charge in [-0.05, 0) is 60.0 Å². The highest BCUT2D eigenvalue weighted by molar-refractivity contribution is 7.86. The number of benzene rings is 6. The van der Waals surface area contributed by atoms with Gasteiger partial charge in [0, 0.05) is 21.5 Å². The lowest BCUT2D eigenvalue weighted by Gasteiger charge is -2.13. The van der Waals surface area contributed by atoms with Gasteiger partial charge in [-0.1, -0.05) is 60.7 Å². The molecule has 0 fully saturated rings. The molecule has 0 bridgehead atoms. The Bertz CT molecular complexity index is 2700. The Labute approximate surface area is 293 Å². The van der Waals surface area contributed by atoms with Crippen molar-refractivity contribution in [1.82, 2.24) is 0 Å². The lowest BCUT2D eigenvalue weighted by Crippen LogP contribution is -2.17. The van der Waals surface area contributed by atoms with Crippen LogP contribution in [0.15, 0.2) is 127 Å². The number of azo groups is 2. The van der Waals surface area contributed by atoms with Crippen molar-refractivity contribution in [3.63, 3.8) is 0 Å². The molecule has 0 spiro atoms. The van der Waals surface area contributed by atoms with Crippen molar-refractivity contribution in [3.8, 4) is 16.9 Å². The number of anilines is 2. The van der Waals surface area contributed by atoms with Crippen LogP contribution in [0.2, 0.25) is 0 Å². The third-order valence-electron chi connectivity index (χ3n) is 7.86. The molecule has 0 radical (unpaired) electrons. The number of nitrogens with two attached hydrogens (primary N) is 2. The summed E-state index contributed by atoms with van der Waals surface area (Å²) in [5.74, 6) is -0.731. The van der Waals surface area contributed by atoms with Gasteiger partial charge in [0.2, 0.25) is 0 Å². The topological polar surface area (TPSA) is 219 Å². The van der Waals surface area contributed by atoms with Gasteiger partial charge in [-0.3, -0.25) is 9.11 Å². The third-order valence-corrected chi connectivity index (χ3v) is 9.64. The molecule has 0 unspecified atom stereocenters. The van der Waals surface area contributed by atoms with Gasteiger partial charge in [-0.15, -0.1) is 28.5 Å². The molecule has 0 heterocycles. The van der Waals surface area contributed by atoms with Crippen LogP contribution in [-0.4, -0.2) is 32.3 Å². The van der Waals surface area contributed by atoms with Crippen LogP contribution in [-0.2, 0) is 20.2 Å². The Morgan fingerprint density at radius 2 is 0.981 bits per heavy atom. The van der Waals surface area contributed by atoms with Crippen molar-refractivity contribution in [2.45, 2.75) is 23.1 Å². The molecule has 0 aliphatic heterocycles. The number of halogens is 3. The summed E-state index contributed by atoms with van der Waals surface area (Å²) in [7, 11) is -9.38. The zero-order valence-electron chi connectivity index (χ0n) is 26.6. The van der Waals surface area contributed by atoms with E-state index in [1.165, 1.54) is 42.5 Å². The van der Waals surface area contributed by atoms with Crippen LogP contribution >= 0.6 is 0 Å². The maximum absolute atomic E-state index is 13.5. The molecule has 52 heavy (non-hydrogen) atoms. The third kappa shape index (κ3) is 7.40. The largest absolute Gasteiger partial charge is 0.573 e. The lowest BCUT2D eigenvalue weighted by molar-refractivity contribution is -0.274. The van der Waals surface area contributed by atoms with E-state index in [9.17, 15) is 39.1 Å².